The van der Waals surface area contributed by atoms with E-state index in [1.54, 1.807) is 48.5 Å². The molecule has 3 rings (SSSR count). The normalized spacial score (nSPS) is 15.7. The molecule has 2 aromatic carbocycles. The quantitative estimate of drug-likeness (QED) is 0.472. The van der Waals surface area contributed by atoms with E-state index in [-0.39, 0.29) is 16.6 Å². The molecule has 2 aromatic rings. The van der Waals surface area contributed by atoms with Crippen LogP contribution < -0.4 is 15.5 Å². The lowest BCUT2D eigenvalue weighted by Crippen LogP contribution is -2.54. The molecule has 1 aliphatic heterocycles. The van der Waals surface area contributed by atoms with Crippen molar-refractivity contribution in [1.29, 1.82) is 0 Å². The van der Waals surface area contributed by atoms with Crippen molar-refractivity contribution in [2.45, 2.75) is 6.92 Å². The topological polar surface area (TPSA) is 78.5 Å². The predicted octanol–water partition coefficient (Wildman–Crippen LogP) is 3.13. The Kier molecular flexibility index (Phi) is 5.34. The van der Waals surface area contributed by atoms with Gasteiger partial charge in [-0.3, -0.25) is 24.6 Å². The lowest BCUT2D eigenvalue weighted by Gasteiger charge is -2.28. The van der Waals surface area contributed by atoms with Gasteiger partial charge in [-0.05, 0) is 60.3 Å². The number of benzene rings is 2. The Labute approximate surface area is 165 Å². The van der Waals surface area contributed by atoms with Crippen LogP contribution in [0.5, 0.6) is 0 Å². The fraction of sp³-hybridized carbons (Fsp3) is 0.0526. The lowest BCUT2D eigenvalue weighted by atomic mass is 10.1. The van der Waals surface area contributed by atoms with E-state index in [1.165, 1.54) is 17.9 Å². The van der Waals surface area contributed by atoms with E-state index in [1.807, 2.05) is 0 Å². The van der Waals surface area contributed by atoms with Gasteiger partial charge in [0.2, 0.25) is 5.91 Å². The van der Waals surface area contributed by atoms with Crippen LogP contribution in [0.1, 0.15) is 12.5 Å². The Bertz CT molecular complexity index is 969. The molecule has 2 N–H and O–H groups in total. The van der Waals surface area contributed by atoms with E-state index in [0.717, 1.165) is 0 Å². The zero-order chi connectivity index (χ0) is 19.6. The van der Waals surface area contributed by atoms with Crippen LogP contribution in [0.3, 0.4) is 0 Å². The summed E-state index contributed by atoms with van der Waals surface area (Å²) >= 11 is 11.0. The summed E-state index contributed by atoms with van der Waals surface area (Å²) in [6.45, 7) is 1.41. The molecule has 1 heterocycles. The van der Waals surface area contributed by atoms with Crippen LogP contribution in [0.4, 0.5) is 11.4 Å². The molecule has 0 aromatic heterocycles. The Hall–Kier alpha value is -3.03. The van der Waals surface area contributed by atoms with Crippen LogP contribution in [0.25, 0.3) is 6.08 Å². The molecule has 0 aliphatic carbocycles. The predicted molar refractivity (Wildman–Crippen MR) is 108 cm³/mol. The molecule has 3 amide bonds. The minimum Gasteiger partial charge on any atom is -0.326 e. The van der Waals surface area contributed by atoms with Crippen LogP contribution in [0.15, 0.2) is 54.1 Å². The average molecular weight is 400 g/mol. The summed E-state index contributed by atoms with van der Waals surface area (Å²) in [7, 11) is 0. The van der Waals surface area contributed by atoms with Crippen molar-refractivity contribution < 1.29 is 14.4 Å². The summed E-state index contributed by atoms with van der Waals surface area (Å²) < 4.78 is 0. The first-order valence-corrected chi connectivity index (χ1v) is 8.68. The van der Waals surface area contributed by atoms with Crippen molar-refractivity contribution in [2.75, 3.05) is 10.2 Å². The highest BCUT2D eigenvalue weighted by Gasteiger charge is 2.34. The highest BCUT2D eigenvalue weighted by molar-refractivity contribution is 7.80. The molecule has 1 aliphatic rings. The Balaban J connectivity index is 1.91. The molecule has 0 unspecified atom stereocenters. The Morgan fingerprint density at radius 3 is 2.33 bits per heavy atom. The van der Waals surface area contributed by atoms with Crippen molar-refractivity contribution in [2.24, 2.45) is 0 Å². The first kappa shape index (κ1) is 18.8. The first-order chi connectivity index (χ1) is 12.8. The van der Waals surface area contributed by atoms with Gasteiger partial charge in [-0.25, -0.2) is 0 Å². The second-order valence-electron chi connectivity index (χ2n) is 5.74. The van der Waals surface area contributed by atoms with E-state index in [2.05, 4.69) is 10.6 Å². The molecular weight excluding hydrogens is 386 g/mol. The van der Waals surface area contributed by atoms with Crippen molar-refractivity contribution in [3.05, 3.63) is 64.7 Å². The maximum Gasteiger partial charge on any atom is 0.270 e. The summed E-state index contributed by atoms with van der Waals surface area (Å²) in [6, 6.07) is 13.3. The second kappa shape index (κ2) is 7.69. The SMILES string of the molecule is CC(=O)Nc1ccc(C=C2C(=O)NC(=S)N(c3ccc(Cl)cc3)C2=O)cc1. The number of carbonyl (C=O) groups excluding carboxylic acids is 3. The molecule has 27 heavy (non-hydrogen) atoms. The number of carbonyl (C=O) groups is 3. The summed E-state index contributed by atoms with van der Waals surface area (Å²) in [5.41, 5.74) is 1.70. The molecule has 0 atom stereocenters. The number of halogens is 1. The number of thiocarbonyl (C=S) groups is 1. The summed E-state index contributed by atoms with van der Waals surface area (Å²) in [5, 5.41) is 5.70. The van der Waals surface area contributed by atoms with Crippen LogP contribution >= 0.6 is 23.8 Å². The average Bonchev–Trinajstić information content (AvgIpc) is 2.61. The fourth-order valence-electron chi connectivity index (χ4n) is 2.51. The molecule has 1 saturated heterocycles. The molecule has 0 saturated carbocycles. The third-order valence-electron chi connectivity index (χ3n) is 3.73. The van der Waals surface area contributed by atoms with E-state index in [0.29, 0.717) is 22.0 Å². The van der Waals surface area contributed by atoms with Crippen molar-refractivity contribution >= 4 is 64.1 Å². The molecule has 0 spiro atoms. The van der Waals surface area contributed by atoms with Gasteiger partial charge in [0.1, 0.15) is 5.57 Å². The highest BCUT2D eigenvalue weighted by atomic mass is 35.5. The van der Waals surface area contributed by atoms with Gasteiger partial charge >= 0.3 is 0 Å². The molecule has 136 valence electrons. The zero-order valence-electron chi connectivity index (χ0n) is 14.2. The summed E-state index contributed by atoms with van der Waals surface area (Å²) in [4.78, 5) is 37.5. The molecule has 6 nitrogen and oxygen atoms in total. The lowest BCUT2D eigenvalue weighted by molar-refractivity contribution is -0.122. The van der Waals surface area contributed by atoms with Crippen LogP contribution in [-0.4, -0.2) is 22.8 Å². The van der Waals surface area contributed by atoms with Gasteiger partial charge in [0.25, 0.3) is 11.8 Å². The van der Waals surface area contributed by atoms with Crippen molar-refractivity contribution in [3.8, 4) is 0 Å². The number of hydrogen-bond donors (Lipinski definition) is 2. The smallest absolute Gasteiger partial charge is 0.270 e. The number of amides is 3. The Morgan fingerprint density at radius 1 is 1.11 bits per heavy atom. The number of nitrogens with zero attached hydrogens (tertiary/aromatic N) is 1. The second-order valence-corrected chi connectivity index (χ2v) is 6.56. The van der Waals surface area contributed by atoms with Gasteiger partial charge in [0.15, 0.2) is 5.11 Å². The first-order valence-electron chi connectivity index (χ1n) is 7.90. The van der Waals surface area contributed by atoms with Crippen molar-refractivity contribution in [1.82, 2.24) is 5.32 Å². The molecule has 1 fully saturated rings. The van der Waals surface area contributed by atoms with Gasteiger partial charge in [-0.1, -0.05) is 23.7 Å². The number of anilines is 2. The standard InChI is InChI=1S/C19H14ClN3O3S/c1-11(24)21-14-6-2-12(3-7-14)10-16-17(25)22-19(27)23(18(16)26)15-8-4-13(20)5-9-15/h2-10H,1H3,(H,21,24)(H,22,25,27). The van der Waals surface area contributed by atoms with Gasteiger partial charge < -0.3 is 5.32 Å². The zero-order valence-corrected chi connectivity index (χ0v) is 15.7. The van der Waals surface area contributed by atoms with E-state index < -0.39 is 11.8 Å². The monoisotopic (exact) mass is 399 g/mol. The molecule has 0 radical (unpaired) electrons. The third kappa shape index (κ3) is 4.21. The van der Waals surface area contributed by atoms with Gasteiger partial charge in [-0.15, -0.1) is 0 Å². The van der Waals surface area contributed by atoms with E-state index in [9.17, 15) is 14.4 Å². The minimum atomic E-state index is -0.568. The number of nitrogens with one attached hydrogen (secondary N) is 2. The minimum absolute atomic E-state index is 0.00507. The fourth-order valence-corrected chi connectivity index (χ4v) is 2.92. The third-order valence-corrected chi connectivity index (χ3v) is 4.27. The molecule has 8 heteroatoms. The van der Waals surface area contributed by atoms with Gasteiger partial charge in [0, 0.05) is 17.6 Å². The van der Waals surface area contributed by atoms with Crippen molar-refractivity contribution in [3.63, 3.8) is 0 Å². The largest absolute Gasteiger partial charge is 0.326 e. The van der Waals surface area contributed by atoms with Crippen LogP contribution in [-0.2, 0) is 14.4 Å². The Morgan fingerprint density at radius 2 is 1.74 bits per heavy atom. The molecule has 0 bridgehead atoms. The number of hydrogen-bond acceptors (Lipinski definition) is 4. The number of rotatable bonds is 3. The van der Waals surface area contributed by atoms with Gasteiger partial charge in [-0.2, -0.15) is 0 Å². The van der Waals surface area contributed by atoms with Gasteiger partial charge in [0.05, 0.1) is 5.69 Å². The van der Waals surface area contributed by atoms with Crippen LogP contribution in [0, 0.1) is 0 Å². The van der Waals surface area contributed by atoms with Crippen LogP contribution in [0.2, 0.25) is 5.02 Å². The highest BCUT2D eigenvalue weighted by Crippen LogP contribution is 2.24. The van der Waals surface area contributed by atoms with E-state index >= 15 is 0 Å². The maximum atomic E-state index is 12.9. The maximum absolute atomic E-state index is 12.9. The summed E-state index contributed by atoms with van der Waals surface area (Å²) in [5.74, 6) is -1.28. The van der Waals surface area contributed by atoms with E-state index in [4.69, 9.17) is 23.8 Å². The molecular formula is C19H14ClN3O3S. The summed E-state index contributed by atoms with van der Waals surface area (Å²) in [6.07, 6.45) is 1.47.